The van der Waals surface area contributed by atoms with Crippen molar-refractivity contribution in [3.8, 4) is 5.75 Å². The molecule has 2 atom stereocenters. The minimum atomic E-state index is -2.10. The average Bonchev–Trinajstić information content (AvgIpc) is 2.94. The maximum atomic E-state index is 15.1. The summed E-state index contributed by atoms with van der Waals surface area (Å²) in [6.07, 6.45) is -0.176. The van der Waals surface area contributed by atoms with Crippen molar-refractivity contribution in [3.05, 3.63) is 64.2 Å². The molecule has 0 aliphatic carbocycles. The molecule has 4 rings (SSSR count). The maximum absolute atomic E-state index is 15.1. The van der Waals surface area contributed by atoms with Gasteiger partial charge >= 0.3 is 36.9 Å². The third kappa shape index (κ3) is 5.58. The van der Waals surface area contributed by atoms with E-state index in [2.05, 4.69) is 10.6 Å². The molecule has 14 nitrogen and oxygen atoms in total. The number of carbonyl (C=O) groups is 6. The van der Waals surface area contributed by atoms with E-state index < -0.39 is 77.6 Å². The van der Waals surface area contributed by atoms with Crippen LogP contribution in [0.1, 0.15) is 44.8 Å². The Bertz CT molecular complexity index is 1510. The molecular weight excluding hydrogens is 565 g/mol. The summed E-state index contributed by atoms with van der Waals surface area (Å²) in [6.45, 7) is 1.51. The number of amides is 5. The number of likely N-dealkylation sites (N-methyl/N-ethyl adjacent to an activating group) is 1. The first kappa shape index (κ1) is 29.9. The SMILES string of the molecule is CCN1CCN(C(=O)NC(C(=O)N[C@H]2Cc3cccc(C(=O)O)c3OB2O)c2ccc(C(=O)O)c(F)c2F)C(=O)C1=O. The first-order chi connectivity index (χ1) is 19.8. The number of benzene rings is 2. The van der Waals surface area contributed by atoms with E-state index in [0.717, 1.165) is 6.07 Å². The van der Waals surface area contributed by atoms with Gasteiger partial charge in [0.2, 0.25) is 5.91 Å². The molecule has 1 unspecified atom stereocenters. The van der Waals surface area contributed by atoms with Crippen LogP contribution in [0.5, 0.6) is 5.75 Å². The molecule has 42 heavy (non-hydrogen) atoms. The van der Waals surface area contributed by atoms with E-state index in [4.69, 9.17) is 9.76 Å². The topological polar surface area (TPSA) is 203 Å². The van der Waals surface area contributed by atoms with Gasteiger partial charge in [-0.3, -0.25) is 19.3 Å². The summed E-state index contributed by atoms with van der Waals surface area (Å²) in [5.41, 5.74) is -1.85. The number of nitrogens with zero attached hydrogens (tertiary/aromatic N) is 2. The third-order valence-electron chi connectivity index (χ3n) is 6.80. The predicted octanol–water partition coefficient (Wildman–Crippen LogP) is -0.0578. The zero-order chi connectivity index (χ0) is 30.9. The maximum Gasteiger partial charge on any atom is 0.547 e. The molecule has 220 valence electrons. The lowest BCUT2D eigenvalue weighted by molar-refractivity contribution is -0.153. The molecule has 2 aromatic carbocycles. The summed E-state index contributed by atoms with van der Waals surface area (Å²) in [7, 11) is -1.81. The minimum Gasteiger partial charge on any atom is -0.534 e. The van der Waals surface area contributed by atoms with Crippen molar-refractivity contribution in [2.45, 2.75) is 25.3 Å². The van der Waals surface area contributed by atoms with E-state index in [1.165, 1.54) is 23.1 Å². The van der Waals surface area contributed by atoms with Gasteiger partial charge in [0.05, 0.1) is 17.1 Å². The first-order valence-electron chi connectivity index (χ1n) is 12.5. The minimum absolute atomic E-state index is 0.0228. The lowest BCUT2D eigenvalue weighted by atomic mass is 9.72. The third-order valence-corrected chi connectivity index (χ3v) is 6.80. The highest BCUT2D eigenvalue weighted by atomic mass is 19.2. The Labute approximate surface area is 236 Å². The molecular formula is C25H23BF2N4O10. The number of aromatic carboxylic acids is 2. The number of carboxylic acids is 2. The molecule has 1 fully saturated rings. The van der Waals surface area contributed by atoms with Gasteiger partial charge in [0.1, 0.15) is 11.8 Å². The fraction of sp³-hybridized carbons (Fsp3) is 0.280. The van der Waals surface area contributed by atoms with Crippen LogP contribution in [0.2, 0.25) is 0 Å². The van der Waals surface area contributed by atoms with Crippen LogP contribution in [-0.2, 0) is 20.8 Å². The van der Waals surface area contributed by atoms with Crippen molar-refractivity contribution in [3.63, 3.8) is 0 Å². The number of nitrogens with one attached hydrogen (secondary N) is 2. The molecule has 0 aromatic heterocycles. The Balaban J connectivity index is 1.64. The molecule has 2 aliphatic heterocycles. The summed E-state index contributed by atoms with van der Waals surface area (Å²) in [4.78, 5) is 75.6. The van der Waals surface area contributed by atoms with Gasteiger partial charge in [-0.25, -0.2) is 23.2 Å². The molecule has 0 radical (unpaired) electrons. The number of halogens is 2. The van der Waals surface area contributed by atoms with Crippen LogP contribution in [0, 0.1) is 11.6 Å². The van der Waals surface area contributed by atoms with Crippen LogP contribution in [0.25, 0.3) is 0 Å². The van der Waals surface area contributed by atoms with Crippen molar-refractivity contribution in [2.24, 2.45) is 0 Å². The van der Waals surface area contributed by atoms with Crippen molar-refractivity contribution in [1.29, 1.82) is 0 Å². The summed E-state index contributed by atoms with van der Waals surface area (Å²) in [5, 5.41) is 33.4. The van der Waals surface area contributed by atoms with Crippen molar-refractivity contribution in [1.82, 2.24) is 20.4 Å². The Morgan fingerprint density at radius 1 is 1.02 bits per heavy atom. The molecule has 5 N–H and O–H groups in total. The highest BCUT2D eigenvalue weighted by Crippen LogP contribution is 2.31. The Morgan fingerprint density at radius 2 is 1.71 bits per heavy atom. The molecule has 2 heterocycles. The van der Waals surface area contributed by atoms with Gasteiger partial charge in [0, 0.05) is 25.2 Å². The predicted molar refractivity (Wildman–Crippen MR) is 136 cm³/mol. The number of urea groups is 1. The zero-order valence-corrected chi connectivity index (χ0v) is 21.8. The van der Waals surface area contributed by atoms with Crippen LogP contribution in [0.3, 0.4) is 0 Å². The number of piperazine rings is 1. The van der Waals surface area contributed by atoms with Crippen molar-refractivity contribution in [2.75, 3.05) is 19.6 Å². The van der Waals surface area contributed by atoms with Crippen LogP contribution >= 0.6 is 0 Å². The summed E-state index contributed by atoms with van der Waals surface area (Å²) in [6, 6.07) is 2.14. The molecule has 0 spiro atoms. The second kappa shape index (κ2) is 11.8. The highest BCUT2D eigenvalue weighted by Gasteiger charge is 2.41. The quantitative estimate of drug-likeness (QED) is 0.215. The standard InChI is InChI=1S/C25H23BF2N4O10/c1-2-31-8-9-32(22(35)21(31)34)25(40)30-18(12-6-7-13(23(36)37)17(28)16(12)27)20(33)29-15-10-11-4-3-5-14(24(38)39)19(11)42-26(15)41/h3-7,15,18,41H,2,8-10H2,1H3,(H,29,33)(H,30,40)(H,36,37)(H,38,39)/t15-,18?/m0/s1. The number of fused-ring (bicyclic) bond motifs is 1. The van der Waals surface area contributed by atoms with Crippen LogP contribution < -0.4 is 15.3 Å². The first-order valence-corrected chi connectivity index (χ1v) is 12.5. The number of hydrogen-bond donors (Lipinski definition) is 5. The van der Waals surface area contributed by atoms with Gasteiger partial charge in [-0.2, -0.15) is 0 Å². The molecule has 2 aliphatic rings. The number of carbonyl (C=O) groups excluding carboxylic acids is 4. The summed E-state index contributed by atoms with van der Waals surface area (Å²) in [5.74, 6) is -11.6. The number of rotatable bonds is 7. The van der Waals surface area contributed by atoms with E-state index in [1.54, 1.807) is 6.92 Å². The lowest BCUT2D eigenvalue weighted by Crippen LogP contribution is -2.60. The van der Waals surface area contributed by atoms with E-state index in [1.807, 2.05) is 0 Å². The molecule has 17 heteroatoms. The van der Waals surface area contributed by atoms with Crippen LogP contribution in [0.15, 0.2) is 30.3 Å². The molecule has 5 amide bonds. The second-order valence-electron chi connectivity index (χ2n) is 9.29. The average molecular weight is 588 g/mol. The smallest absolute Gasteiger partial charge is 0.534 e. The highest BCUT2D eigenvalue weighted by molar-refractivity contribution is 6.47. The molecule has 2 aromatic rings. The summed E-state index contributed by atoms with van der Waals surface area (Å²) >= 11 is 0. The largest absolute Gasteiger partial charge is 0.547 e. The van der Waals surface area contributed by atoms with E-state index >= 15 is 4.39 Å². The lowest BCUT2D eigenvalue weighted by Gasteiger charge is -2.33. The van der Waals surface area contributed by atoms with Gasteiger partial charge in [-0.1, -0.05) is 18.2 Å². The number of hydrogen-bond acceptors (Lipinski definition) is 8. The van der Waals surface area contributed by atoms with Crippen LogP contribution in [0.4, 0.5) is 13.6 Å². The Kier molecular flexibility index (Phi) is 8.42. The summed E-state index contributed by atoms with van der Waals surface area (Å²) < 4.78 is 35.0. The normalized spacial score (nSPS) is 17.2. The molecule has 0 saturated carbocycles. The Morgan fingerprint density at radius 3 is 2.36 bits per heavy atom. The van der Waals surface area contributed by atoms with E-state index in [0.29, 0.717) is 11.0 Å². The second-order valence-corrected chi connectivity index (χ2v) is 9.29. The zero-order valence-electron chi connectivity index (χ0n) is 21.8. The van der Waals surface area contributed by atoms with E-state index in [-0.39, 0.29) is 42.9 Å². The number of carboxylic acid groups (broad SMARTS) is 2. The number of para-hydroxylation sites is 1. The van der Waals surface area contributed by atoms with E-state index in [9.17, 15) is 43.3 Å². The molecule has 0 bridgehead atoms. The van der Waals surface area contributed by atoms with Gasteiger partial charge in [0.25, 0.3) is 0 Å². The fourth-order valence-corrected chi connectivity index (χ4v) is 4.59. The number of imide groups is 1. The Hall–Kier alpha value is -5.06. The van der Waals surface area contributed by atoms with Gasteiger partial charge in [-0.15, -0.1) is 0 Å². The fourth-order valence-electron chi connectivity index (χ4n) is 4.59. The van der Waals surface area contributed by atoms with Crippen LogP contribution in [-0.4, -0.2) is 93.4 Å². The van der Waals surface area contributed by atoms with Crippen molar-refractivity contribution < 1.29 is 57.4 Å². The molecule has 1 saturated heterocycles. The monoisotopic (exact) mass is 588 g/mol. The van der Waals surface area contributed by atoms with Crippen molar-refractivity contribution >= 4 is 42.8 Å². The van der Waals surface area contributed by atoms with Gasteiger partial charge in [-0.05, 0) is 31.0 Å². The van der Waals surface area contributed by atoms with Gasteiger partial charge in [0.15, 0.2) is 11.6 Å². The van der Waals surface area contributed by atoms with Gasteiger partial charge < -0.3 is 35.4 Å².